The molecule has 1 fully saturated rings. The van der Waals surface area contributed by atoms with Crippen LogP contribution in [0.5, 0.6) is 5.75 Å². The van der Waals surface area contributed by atoms with Crippen LogP contribution >= 0.6 is 23.4 Å². The average Bonchev–Trinajstić information content (AvgIpc) is 3.04. The van der Waals surface area contributed by atoms with Gasteiger partial charge in [-0.15, -0.1) is 11.8 Å². The smallest absolute Gasteiger partial charge is 0.269 e. The molecule has 0 unspecified atom stereocenters. The van der Waals surface area contributed by atoms with E-state index >= 15 is 0 Å². The lowest BCUT2D eigenvalue weighted by molar-refractivity contribution is -0.125. The van der Waals surface area contributed by atoms with Gasteiger partial charge in [0.15, 0.2) is 0 Å². The summed E-state index contributed by atoms with van der Waals surface area (Å²) in [5.41, 5.74) is 2.81. The maximum Gasteiger partial charge on any atom is 0.269 e. The van der Waals surface area contributed by atoms with Crippen molar-refractivity contribution in [2.75, 3.05) is 22.7 Å². The maximum absolute atomic E-state index is 14.1. The Morgan fingerprint density at radius 1 is 1.09 bits per heavy atom. The SMILES string of the molecule is COc1ccc(N2C(=O)CCS[C@@]23C(=O)N(Cc2ccc(F)cc2)c2ccccc23)cc1Cl. The molecule has 2 aliphatic heterocycles. The van der Waals surface area contributed by atoms with E-state index in [9.17, 15) is 14.0 Å². The Morgan fingerprint density at radius 2 is 1.85 bits per heavy atom. The molecule has 33 heavy (non-hydrogen) atoms. The van der Waals surface area contributed by atoms with E-state index in [0.29, 0.717) is 28.6 Å². The molecule has 0 bridgehead atoms. The zero-order valence-electron chi connectivity index (χ0n) is 17.8. The number of fused-ring (bicyclic) bond motifs is 2. The Labute approximate surface area is 200 Å². The molecule has 1 saturated heterocycles. The molecule has 0 N–H and O–H groups in total. The predicted molar refractivity (Wildman–Crippen MR) is 128 cm³/mol. The number of anilines is 2. The van der Waals surface area contributed by atoms with Gasteiger partial charge in [-0.3, -0.25) is 14.5 Å². The number of carbonyl (C=O) groups is 2. The van der Waals surface area contributed by atoms with Gasteiger partial charge in [0.1, 0.15) is 11.6 Å². The number of halogens is 2. The summed E-state index contributed by atoms with van der Waals surface area (Å²) in [6, 6.07) is 18.7. The molecule has 2 amide bonds. The van der Waals surface area contributed by atoms with Gasteiger partial charge in [-0.25, -0.2) is 4.39 Å². The number of nitrogens with zero attached hydrogens (tertiary/aromatic N) is 2. The summed E-state index contributed by atoms with van der Waals surface area (Å²) in [5.74, 6) is 0.311. The molecule has 5 nitrogen and oxygen atoms in total. The van der Waals surface area contributed by atoms with Crippen LogP contribution in [-0.2, 0) is 21.0 Å². The summed E-state index contributed by atoms with van der Waals surface area (Å²) in [5, 5.41) is 0.357. The number of benzene rings is 3. The number of ether oxygens (including phenoxy) is 1. The van der Waals surface area contributed by atoms with Gasteiger partial charge in [0.2, 0.25) is 10.8 Å². The van der Waals surface area contributed by atoms with Crippen LogP contribution in [-0.4, -0.2) is 24.7 Å². The third-order valence-corrected chi connectivity index (χ3v) is 7.63. The fourth-order valence-electron chi connectivity index (χ4n) is 4.45. The Hall–Kier alpha value is -3.03. The Bertz CT molecular complexity index is 1250. The first-order chi connectivity index (χ1) is 16.0. The van der Waals surface area contributed by atoms with Crippen LogP contribution in [0.1, 0.15) is 17.5 Å². The quantitative estimate of drug-likeness (QED) is 0.502. The summed E-state index contributed by atoms with van der Waals surface area (Å²) in [6.07, 6.45) is 0.309. The van der Waals surface area contributed by atoms with Gasteiger partial charge >= 0.3 is 0 Å². The van der Waals surface area contributed by atoms with Gasteiger partial charge in [0.25, 0.3) is 5.91 Å². The normalized spacial score (nSPS) is 19.8. The van der Waals surface area contributed by atoms with Gasteiger partial charge in [-0.1, -0.05) is 41.9 Å². The van der Waals surface area contributed by atoms with Crippen molar-refractivity contribution in [2.24, 2.45) is 0 Å². The molecule has 168 valence electrons. The predicted octanol–water partition coefficient (Wildman–Crippen LogP) is 5.36. The molecule has 1 spiro atoms. The van der Waals surface area contributed by atoms with Crippen molar-refractivity contribution in [2.45, 2.75) is 17.8 Å². The van der Waals surface area contributed by atoms with Crippen LogP contribution in [0.4, 0.5) is 15.8 Å². The fourth-order valence-corrected chi connectivity index (χ4v) is 6.17. The second kappa shape index (κ2) is 8.39. The van der Waals surface area contributed by atoms with Crippen molar-refractivity contribution in [3.05, 3.63) is 88.7 Å². The average molecular weight is 483 g/mol. The van der Waals surface area contributed by atoms with Crippen LogP contribution < -0.4 is 14.5 Å². The molecule has 3 aromatic carbocycles. The highest BCUT2D eigenvalue weighted by molar-refractivity contribution is 8.01. The summed E-state index contributed by atoms with van der Waals surface area (Å²) in [7, 11) is 1.52. The van der Waals surface area contributed by atoms with E-state index in [1.165, 1.54) is 31.0 Å². The van der Waals surface area contributed by atoms with Gasteiger partial charge in [-0.05, 0) is 42.0 Å². The zero-order valence-corrected chi connectivity index (χ0v) is 19.3. The van der Waals surface area contributed by atoms with Gasteiger partial charge in [0.05, 0.1) is 24.4 Å². The lowest BCUT2D eigenvalue weighted by Gasteiger charge is -2.43. The molecule has 0 aromatic heterocycles. The molecule has 0 aliphatic carbocycles. The minimum atomic E-state index is -1.25. The van der Waals surface area contributed by atoms with Crippen molar-refractivity contribution in [1.29, 1.82) is 0 Å². The highest BCUT2D eigenvalue weighted by atomic mass is 35.5. The number of amides is 2. The van der Waals surface area contributed by atoms with E-state index in [2.05, 4.69) is 0 Å². The van der Waals surface area contributed by atoms with E-state index in [4.69, 9.17) is 16.3 Å². The van der Waals surface area contributed by atoms with Crippen LogP contribution in [0, 0.1) is 5.82 Å². The molecule has 0 saturated carbocycles. The molecule has 2 heterocycles. The number of hydrogen-bond acceptors (Lipinski definition) is 4. The van der Waals surface area contributed by atoms with Crippen LogP contribution in [0.25, 0.3) is 0 Å². The molecular formula is C25H20ClFN2O3S. The van der Waals surface area contributed by atoms with Gasteiger partial charge in [-0.2, -0.15) is 0 Å². The summed E-state index contributed by atoms with van der Waals surface area (Å²) in [4.78, 5) is 29.4. The Morgan fingerprint density at radius 3 is 2.58 bits per heavy atom. The second-order valence-corrected chi connectivity index (χ2v) is 9.52. The molecule has 0 radical (unpaired) electrons. The number of rotatable bonds is 4. The van der Waals surface area contributed by atoms with E-state index < -0.39 is 4.87 Å². The van der Waals surface area contributed by atoms with Crippen molar-refractivity contribution in [1.82, 2.24) is 0 Å². The second-order valence-electron chi connectivity index (χ2n) is 7.83. The third kappa shape index (κ3) is 3.47. The summed E-state index contributed by atoms with van der Waals surface area (Å²) < 4.78 is 18.7. The zero-order chi connectivity index (χ0) is 23.2. The first-order valence-electron chi connectivity index (χ1n) is 10.4. The Balaban J connectivity index is 1.64. The monoisotopic (exact) mass is 482 g/mol. The largest absolute Gasteiger partial charge is 0.495 e. The third-order valence-electron chi connectivity index (χ3n) is 5.93. The fraction of sp³-hybridized carbons (Fsp3) is 0.200. The molecule has 2 aliphatic rings. The molecule has 5 rings (SSSR count). The number of methoxy groups -OCH3 is 1. The molecule has 1 atom stereocenters. The van der Waals surface area contributed by atoms with E-state index in [1.54, 1.807) is 40.1 Å². The van der Waals surface area contributed by atoms with Crippen molar-refractivity contribution < 1.29 is 18.7 Å². The molecular weight excluding hydrogens is 463 g/mol. The highest BCUT2D eigenvalue weighted by Crippen LogP contribution is 2.55. The minimum absolute atomic E-state index is 0.151. The molecule has 3 aromatic rings. The number of hydrogen-bond donors (Lipinski definition) is 0. The van der Waals surface area contributed by atoms with E-state index in [-0.39, 0.29) is 24.2 Å². The van der Waals surface area contributed by atoms with Gasteiger partial charge < -0.3 is 9.64 Å². The first-order valence-corrected chi connectivity index (χ1v) is 11.8. The number of para-hydroxylation sites is 1. The topological polar surface area (TPSA) is 49.9 Å². The number of thioether (sulfide) groups is 1. The van der Waals surface area contributed by atoms with Crippen LogP contribution in [0.3, 0.4) is 0 Å². The summed E-state index contributed by atoms with van der Waals surface area (Å²) in [6.45, 7) is 0.268. The van der Waals surface area contributed by atoms with E-state index in [1.807, 2.05) is 24.3 Å². The molecule has 8 heteroatoms. The maximum atomic E-state index is 14.1. The lowest BCUT2D eigenvalue weighted by atomic mass is 10.0. The van der Waals surface area contributed by atoms with Crippen LogP contribution in [0.15, 0.2) is 66.7 Å². The first kappa shape index (κ1) is 21.8. The van der Waals surface area contributed by atoms with Crippen molar-refractivity contribution in [3.63, 3.8) is 0 Å². The van der Waals surface area contributed by atoms with Crippen LogP contribution in [0.2, 0.25) is 5.02 Å². The summed E-state index contributed by atoms with van der Waals surface area (Å²) >= 11 is 7.82. The minimum Gasteiger partial charge on any atom is -0.495 e. The Kier molecular flexibility index (Phi) is 5.54. The van der Waals surface area contributed by atoms with E-state index in [0.717, 1.165) is 16.8 Å². The standard InChI is InChI=1S/C25H20ClFN2O3S/c1-32-22-11-10-18(14-20(22)26)29-23(30)12-13-33-25(29)19-4-2-3-5-21(19)28(24(25)31)15-16-6-8-17(27)9-7-16/h2-11,14H,12-13,15H2,1H3/t25-/m0/s1. The highest BCUT2D eigenvalue weighted by Gasteiger charge is 2.58. The van der Waals surface area contributed by atoms with Crippen molar-refractivity contribution in [3.8, 4) is 5.75 Å². The van der Waals surface area contributed by atoms with Crippen molar-refractivity contribution >= 4 is 46.6 Å². The lowest BCUT2D eigenvalue weighted by Crippen LogP contribution is -2.56. The number of carbonyl (C=O) groups excluding carboxylic acids is 2. The van der Waals surface area contributed by atoms with Gasteiger partial charge in [0, 0.05) is 23.4 Å².